The molecule has 3 atom stereocenters. The Hall–Kier alpha value is -1.88. The van der Waals surface area contributed by atoms with Gasteiger partial charge < -0.3 is 10.0 Å². The quantitative estimate of drug-likeness (QED) is 0.924. The second-order valence-electron chi connectivity index (χ2n) is 7.52. The van der Waals surface area contributed by atoms with E-state index >= 15 is 0 Å². The molecule has 0 spiro atoms. The number of hydrogen-bond donors (Lipinski definition) is 1. The molecule has 0 aromatic heterocycles. The molecule has 3 aliphatic heterocycles. The minimum Gasteiger partial charge on any atom is -0.478 e. The largest absolute Gasteiger partial charge is 0.478 e. The van der Waals surface area contributed by atoms with Crippen molar-refractivity contribution in [3.8, 4) is 0 Å². The molecule has 0 radical (unpaired) electrons. The van der Waals surface area contributed by atoms with Crippen LogP contribution in [0.1, 0.15) is 41.6 Å². The third-order valence-corrected chi connectivity index (χ3v) is 5.90. The molecule has 0 saturated carbocycles. The summed E-state index contributed by atoms with van der Waals surface area (Å²) in [4.78, 5) is 28.2. The zero-order chi connectivity index (χ0) is 16.7. The lowest BCUT2D eigenvalue weighted by Crippen LogP contribution is -2.60. The van der Waals surface area contributed by atoms with Crippen molar-refractivity contribution in [3.05, 3.63) is 35.4 Å². The lowest BCUT2D eigenvalue weighted by molar-refractivity contribution is -0.145. The molecule has 1 aromatic carbocycles. The summed E-state index contributed by atoms with van der Waals surface area (Å²) in [5.41, 5.74) is 1.30. The summed E-state index contributed by atoms with van der Waals surface area (Å²) in [5, 5.41) is 9.38. The van der Waals surface area contributed by atoms with E-state index in [-0.39, 0.29) is 0 Å². The Kier molecular flexibility index (Phi) is 4.04. The minimum absolute atomic E-state index is 0.339. The highest BCUT2D eigenvalue weighted by atomic mass is 16.4. The van der Waals surface area contributed by atoms with E-state index in [9.17, 15) is 14.7 Å². The summed E-state index contributed by atoms with van der Waals surface area (Å²) >= 11 is 0. The first-order chi connectivity index (χ1) is 11.6. The van der Waals surface area contributed by atoms with Crippen molar-refractivity contribution < 1.29 is 14.7 Å². The summed E-state index contributed by atoms with van der Waals surface area (Å²) < 4.78 is 0. The van der Waals surface area contributed by atoms with Gasteiger partial charge in [0.25, 0.3) is 0 Å². The first-order valence-electron chi connectivity index (χ1n) is 8.95. The Morgan fingerprint density at radius 2 is 2.04 bits per heavy atom. The van der Waals surface area contributed by atoms with Crippen LogP contribution >= 0.6 is 0 Å². The van der Waals surface area contributed by atoms with E-state index in [0.29, 0.717) is 42.3 Å². The van der Waals surface area contributed by atoms with Crippen LogP contribution in [0, 0.1) is 11.8 Å². The highest BCUT2D eigenvalue weighted by Gasteiger charge is 2.43. The van der Waals surface area contributed by atoms with E-state index in [2.05, 4.69) is 9.80 Å². The molecule has 0 unspecified atom stereocenters. The molecule has 1 amide bonds. The molecule has 1 N–H and O–H groups in total. The van der Waals surface area contributed by atoms with Gasteiger partial charge in [0.1, 0.15) is 0 Å². The first-order valence-corrected chi connectivity index (χ1v) is 8.95. The topological polar surface area (TPSA) is 60.9 Å². The fraction of sp³-hybridized carbons (Fsp3) is 0.579. The maximum absolute atomic E-state index is 12.2. The van der Waals surface area contributed by atoms with Crippen molar-refractivity contribution in [2.75, 3.05) is 19.6 Å². The van der Waals surface area contributed by atoms with Crippen molar-refractivity contribution >= 4 is 11.9 Å². The average molecular weight is 328 g/mol. The minimum atomic E-state index is -0.855. The lowest BCUT2D eigenvalue weighted by Gasteiger charge is -2.52. The standard InChI is InChI=1S/C19H24N2O3/c22-18-7-3-6-17-15-8-13(10-21(17)18)9-20(12-15)11-14-4-1-2-5-16(14)19(23)24/h1-2,4-5,13,15,17H,3,6-12H2,(H,23,24)/t13-,15-,17+/m1/s1. The molecule has 3 saturated heterocycles. The van der Waals surface area contributed by atoms with Gasteiger partial charge in [0.2, 0.25) is 5.91 Å². The van der Waals surface area contributed by atoms with Crippen LogP contribution in [0.5, 0.6) is 0 Å². The van der Waals surface area contributed by atoms with Crippen LogP contribution in [-0.2, 0) is 11.3 Å². The normalized spacial score (nSPS) is 30.1. The number of rotatable bonds is 3. The van der Waals surface area contributed by atoms with Crippen LogP contribution in [0.25, 0.3) is 0 Å². The van der Waals surface area contributed by atoms with Crippen molar-refractivity contribution in [1.29, 1.82) is 0 Å². The Morgan fingerprint density at radius 1 is 1.21 bits per heavy atom. The summed E-state index contributed by atoms with van der Waals surface area (Å²) in [6, 6.07) is 7.70. The van der Waals surface area contributed by atoms with Gasteiger partial charge in [-0.15, -0.1) is 0 Å². The van der Waals surface area contributed by atoms with Crippen LogP contribution in [0.15, 0.2) is 24.3 Å². The molecule has 3 aliphatic rings. The Bertz CT molecular complexity index is 660. The Morgan fingerprint density at radius 3 is 2.88 bits per heavy atom. The number of carbonyl (C=O) groups is 2. The van der Waals surface area contributed by atoms with Gasteiger partial charge in [-0.1, -0.05) is 18.2 Å². The predicted octanol–water partition coefficient (Wildman–Crippen LogP) is 2.22. The zero-order valence-corrected chi connectivity index (χ0v) is 13.9. The SMILES string of the molecule is O=C(O)c1ccccc1CN1C[C@H]2C[C@H](C1)[C@@H]1CCCC(=O)N1C2. The number of fused-ring (bicyclic) bond motifs is 4. The average Bonchev–Trinajstić information content (AvgIpc) is 2.56. The molecule has 24 heavy (non-hydrogen) atoms. The summed E-state index contributed by atoms with van der Waals surface area (Å²) in [5.74, 6) is 0.551. The summed E-state index contributed by atoms with van der Waals surface area (Å²) in [6.07, 6.45) is 4.07. The maximum Gasteiger partial charge on any atom is 0.336 e. The summed E-state index contributed by atoms with van der Waals surface area (Å²) in [7, 11) is 0. The van der Waals surface area contributed by atoms with E-state index < -0.39 is 5.97 Å². The molecule has 4 rings (SSSR count). The first kappa shape index (κ1) is 15.6. The second-order valence-corrected chi connectivity index (χ2v) is 7.52. The third kappa shape index (κ3) is 2.81. The number of nitrogens with zero attached hydrogens (tertiary/aromatic N) is 2. The fourth-order valence-electron chi connectivity index (χ4n) is 4.95. The molecular formula is C19H24N2O3. The molecule has 0 aliphatic carbocycles. The number of piperidine rings is 3. The molecule has 3 heterocycles. The molecule has 1 aromatic rings. The number of carboxylic acid groups (broad SMARTS) is 1. The highest BCUT2D eigenvalue weighted by molar-refractivity contribution is 5.89. The van der Waals surface area contributed by atoms with Gasteiger partial charge in [-0.2, -0.15) is 0 Å². The van der Waals surface area contributed by atoms with Gasteiger partial charge in [-0.3, -0.25) is 9.69 Å². The van der Waals surface area contributed by atoms with Crippen molar-refractivity contribution in [3.63, 3.8) is 0 Å². The van der Waals surface area contributed by atoms with Gasteiger partial charge in [-0.05, 0) is 42.7 Å². The van der Waals surface area contributed by atoms with Gasteiger partial charge in [-0.25, -0.2) is 4.79 Å². The van der Waals surface area contributed by atoms with Crippen LogP contribution < -0.4 is 0 Å². The van der Waals surface area contributed by atoms with Crippen LogP contribution in [0.2, 0.25) is 0 Å². The highest BCUT2D eigenvalue weighted by Crippen LogP contribution is 2.38. The number of likely N-dealkylation sites (tertiary alicyclic amines) is 1. The third-order valence-electron chi connectivity index (χ3n) is 5.90. The van der Waals surface area contributed by atoms with E-state index in [1.54, 1.807) is 12.1 Å². The Labute approximate surface area is 142 Å². The Balaban J connectivity index is 1.50. The van der Waals surface area contributed by atoms with E-state index in [1.165, 1.54) is 6.42 Å². The van der Waals surface area contributed by atoms with Crippen molar-refractivity contribution in [1.82, 2.24) is 9.80 Å². The van der Waals surface area contributed by atoms with E-state index in [1.807, 2.05) is 12.1 Å². The van der Waals surface area contributed by atoms with Crippen LogP contribution in [0.3, 0.4) is 0 Å². The number of amides is 1. The number of aromatic carboxylic acids is 1. The molecule has 3 fully saturated rings. The number of benzene rings is 1. The van der Waals surface area contributed by atoms with Crippen LogP contribution in [0.4, 0.5) is 0 Å². The molecule has 128 valence electrons. The lowest BCUT2D eigenvalue weighted by atomic mass is 9.76. The maximum atomic E-state index is 12.2. The van der Waals surface area contributed by atoms with Gasteiger partial charge >= 0.3 is 5.97 Å². The number of carboxylic acids is 1. The molecular weight excluding hydrogens is 304 g/mol. The number of carbonyl (C=O) groups excluding carboxylic acids is 1. The van der Waals surface area contributed by atoms with Gasteiger partial charge in [0.05, 0.1) is 5.56 Å². The van der Waals surface area contributed by atoms with Crippen molar-refractivity contribution in [2.45, 2.75) is 38.3 Å². The molecule has 2 bridgehead atoms. The summed E-state index contributed by atoms with van der Waals surface area (Å²) in [6.45, 7) is 3.51. The van der Waals surface area contributed by atoms with Gasteiger partial charge in [0.15, 0.2) is 0 Å². The monoisotopic (exact) mass is 328 g/mol. The van der Waals surface area contributed by atoms with Gasteiger partial charge in [0, 0.05) is 38.6 Å². The fourth-order valence-corrected chi connectivity index (χ4v) is 4.95. The number of hydrogen-bond acceptors (Lipinski definition) is 3. The van der Waals surface area contributed by atoms with Crippen LogP contribution in [-0.4, -0.2) is 52.5 Å². The second kappa shape index (κ2) is 6.20. The smallest absolute Gasteiger partial charge is 0.336 e. The van der Waals surface area contributed by atoms with E-state index in [0.717, 1.165) is 38.0 Å². The zero-order valence-electron chi connectivity index (χ0n) is 13.9. The van der Waals surface area contributed by atoms with Crippen molar-refractivity contribution in [2.24, 2.45) is 11.8 Å². The predicted molar refractivity (Wildman–Crippen MR) is 89.6 cm³/mol. The molecule has 5 nitrogen and oxygen atoms in total. The molecule has 5 heteroatoms. The van der Waals surface area contributed by atoms with E-state index in [4.69, 9.17) is 0 Å².